The van der Waals surface area contributed by atoms with Crippen LogP contribution < -0.4 is 47.9 Å². The molecule has 0 bridgehead atoms. The van der Waals surface area contributed by atoms with E-state index in [1.54, 1.807) is 0 Å². The Kier molecular flexibility index (Phi) is 49.4. The molecule has 0 rings (SSSR count). The van der Waals surface area contributed by atoms with Crippen molar-refractivity contribution in [3.05, 3.63) is 0 Å². The van der Waals surface area contributed by atoms with Crippen LogP contribution in [0, 0.1) is 0 Å². The van der Waals surface area contributed by atoms with Crippen LogP contribution in [0.2, 0.25) is 0 Å². The molecule has 0 aromatic heterocycles. The zero-order valence-corrected chi connectivity index (χ0v) is 26.4. The minimum atomic E-state index is -0.905. The number of unbranched alkanes of at least 4 members (excludes halogenated alkanes) is 24. The summed E-state index contributed by atoms with van der Waals surface area (Å²) in [5, 5.41) is 20.4. The second-order valence-electron chi connectivity index (χ2n) is 10.7. The zero-order valence-electron chi connectivity index (χ0n) is 26.4. The Hall–Kier alpha value is 0.135. The van der Waals surface area contributed by atoms with Gasteiger partial charge in [-0.05, 0) is 25.7 Å². The molecule has 0 atom stereocenters. The van der Waals surface area contributed by atoms with Crippen LogP contribution >= 0.6 is 0 Å². The topological polar surface area (TPSA) is 80.3 Å². The SMILES string of the molecule is CCCCCCCCCCCCCCCC(=O)[O-].CCCCCCCCCCCCCCCC(=O)[O-].[Li+].[Li+]. The molecule has 0 aliphatic rings. The molecule has 0 amide bonds. The standard InChI is InChI=1S/2C16H32O2.2Li/c2*1-2-3-4-5-6-7-8-9-10-11-12-13-14-15-16(17)18;;/h2*2-15H2,1H3,(H,17,18);;/q;;2*+1/p-2. The second-order valence-corrected chi connectivity index (χ2v) is 10.7. The molecule has 0 radical (unpaired) electrons. The van der Waals surface area contributed by atoms with Gasteiger partial charge in [0, 0.05) is 11.9 Å². The van der Waals surface area contributed by atoms with Crippen molar-refractivity contribution in [3.63, 3.8) is 0 Å². The van der Waals surface area contributed by atoms with E-state index in [-0.39, 0.29) is 50.6 Å². The van der Waals surface area contributed by atoms with Gasteiger partial charge in [-0.25, -0.2) is 0 Å². The first-order chi connectivity index (χ1) is 17.5. The van der Waals surface area contributed by atoms with Crippen LogP contribution in [0.5, 0.6) is 0 Å². The number of hydrogen-bond acceptors (Lipinski definition) is 4. The van der Waals surface area contributed by atoms with Crippen LogP contribution in [0.3, 0.4) is 0 Å². The summed E-state index contributed by atoms with van der Waals surface area (Å²) in [6, 6.07) is 0. The molecule has 0 aromatic carbocycles. The first-order valence-electron chi connectivity index (χ1n) is 15.9. The van der Waals surface area contributed by atoms with E-state index in [9.17, 15) is 19.8 Å². The first-order valence-corrected chi connectivity index (χ1v) is 15.9. The van der Waals surface area contributed by atoms with Crippen LogP contribution in [-0.2, 0) is 9.59 Å². The van der Waals surface area contributed by atoms with Gasteiger partial charge >= 0.3 is 37.7 Å². The normalized spacial score (nSPS) is 10.2. The van der Waals surface area contributed by atoms with Gasteiger partial charge in [0.2, 0.25) is 0 Å². The van der Waals surface area contributed by atoms with E-state index in [0.29, 0.717) is 0 Å². The second kappa shape index (κ2) is 41.6. The Morgan fingerprint density at radius 1 is 0.342 bits per heavy atom. The van der Waals surface area contributed by atoms with Gasteiger partial charge in [0.25, 0.3) is 0 Å². The number of carbonyl (C=O) groups excluding carboxylic acids is 2. The first kappa shape index (κ1) is 45.1. The average molecular weight is 525 g/mol. The quantitative estimate of drug-likeness (QED) is 0.116. The Bertz CT molecular complexity index is 407. The molecule has 0 heterocycles. The van der Waals surface area contributed by atoms with Gasteiger partial charge in [-0.15, -0.1) is 0 Å². The van der Waals surface area contributed by atoms with Gasteiger partial charge in [0.1, 0.15) is 0 Å². The van der Waals surface area contributed by atoms with E-state index < -0.39 is 11.9 Å². The summed E-state index contributed by atoms with van der Waals surface area (Å²) in [4.78, 5) is 20.4. The molecule has 0 fully saturated rings. The summed E-state index contributed by atoms with van der Waals surface area (Å²) in [5.74, 6) is -1.81. The molecule has 0 saturated heterocycles. The number of rotatable bonds is 28. The van der Waals surface area contributed by atoms with Crippen LogP contribution in [0.4, 0.5) is 0 Å². The molecule has 4 nitrogen and oxygen atoms in total. The maximum Gasteiger partial charge on any atom is 1.00 e. The van der Waals surface area contributed by atoms with E-state index in [2.05, 4.69) is 13.8 Å². The van der Waals surface area contributed by atoms with Crippen molar-refractivity contribution in [2.75, 3.05) is 0 Å². The van der Waals surface area contributed by atoms with Crippen LogP contribution in [-0.4, -0.2) is 11.9 Å². The molecule has 216 valence electrons. The molecule has 6 heteroatoms. The smallest absolute Gasteiger partial charge is 0.550 e. The van der Waals surface area contributed by atoms with Gasteiger partial charge < -0.3 is 19.8 Å². The van der Waals surface area contributed by atoms with Crippen molar-refractivity contribution in [1.82, 2.24) is 0 Å². The molecule has 0 aromatic rings. The molecule has 0 N–H and O–H groups in total. The fraction of sp³-hybridized carbons (Fsp3) is 0.938. The minimum Gasteiger partial charge on any atom is -0.550 e. The maximum atomic E-state index is 10.2. The van der Waals surface area contributed by atoms with Crippen molar-refractivity contribution in [2.24, 2.45) is 0 Å². The molecule has 38 heavy (non-hydrogen) atoms. The van der Waals surface area contributed by atoms with Crippen LogP contribution in [0.15, 0.2) is 0 Å². The molecule has 0 aliphatic heterocycles. The molecular weight excluding hydrogens is 462 g/mol. The van der Waals surface area contributed by atoms with Crippen molar-refractivity contribution >= 4 is 11.9 Å². The molecule has 0 spiro atoms. The summed E-state index contributed by atoms with van der Waals surface area (Å²) in [5.41, 5.74) is 0. The summed E-state index contributed by atoms with van der Waals surface area (Å²) in [6.45, 7) is 4.51. The Balaban J connectivity index is -0.000000289. The third kappa shape index (κ3) is 49.1. The Labute approximate surface area is 262 Å². The number of carboxylic acids is 2. The summed E-state index contributed by atoms with van der Waals surface area (Å²) in [7, 11) is 0. The monoisotopic (exact) mass is 524 g/mol. The molecule has 0 unspecified atom stereocenters. The third-order valence-corrected chi connectivity index (χ3v) is 6.97. The predicted octanol–water partition coefficient (Wildman–Crippen LogP) is 2.44. The van der Waals surface area contributed by atoms with Crippen molar-refractivity contribution < 1.29 is 57.5 Å². The number of carboxylic acid groups (broad SMARTS) is 2. The largest absolute Gasteiger partial charge is 1.00 e. The third-order valence-electron chi connectivity index (χ3n) is 6.97. The van der Waals surface area contributed by atoms with E-state index in [0.717, 1.165) is 25.7 Å². The van der Waals surface area contributed by atoms with E-state index in [1.807, 2.05) is 0 Å². The van der Waals surface area contributed by atoms with Crippen LogP contribution in [0.25, 0.3) is 0 Å². The number of hydrogen-bond donors (Lipinski definition) is 0. The summed E-state index contributed by atoms with van der Waals surface area (Å²) >= 11 is 0. The summed E-state index contributed by atoms with van der Waals surface area (Å²) < 4.78 is 0. The number of aliphatic carboxylic acids is 2. The van der Waals surface area contributed by atoms with Gasteiger partial charge in [-0.2, -0.15) is 0 Å². The van der Waals surface area contributed by atoms with Crippen molar-refractivity contribution in [1.29, 1.82) is 0 Å². The fourth-order valence-corrected chi connectivity index (χ4v) is 4.57. The van der Waals surface area contributed by atoms with Gasteiger partial charge in [-0.3, -0.25) is 0 Å². The van der Waals surface area contributed by atoms with Crippen molar-refractivity contribution in [3.8, 4) is 0 Å². The average Bonchev–Trinajstić information content (AvgIpc) is 2.85. The van der Waals surface area contributed by atoms with E-state index in [1.165, 1.54) is 141 Å². The Morgan fingerprint density at radius 2 is 0.500 bits per heavy atom. The molecular formula is C32H62Li2O4. The minimum absolute atomic E-state index is 0. The molecule has 0 saturated carbocycles. The maximum absolute atomic E-state index is 10.2. The van der Waals surface area contributed by atoms with Crippen LogP contribution in [0.1, 0.15) is 194 Å². The fourth-order valence-electron chi connectivity index (χ4n) is 4.57. The van der Waals surface area contributed by atoms with Gasteiger partial charge in [-0.1, -0.05) is 168 Å². The van der Waals surface area contributed by atoms with Gasteiger partial charge in [0.15, 0.2) is 0 Å². The van der Waals surface area contributed by atoms with Gasteiger partial charge in [0.05, 0.1) is 0 Å². The number of carbonyl (C=O) groups is 2. The zero-order chi connectivity index (χ0) is 27.0. The predicted molar refractivity (Wildman–Crippen MR) is 151 cm³/mol. The van der Waals surface area contributed by atoms with E-state index in [4.69, 9.17) is 0 Å². The van der Waals surface area contributed by atoms with Crippen molar-refractivity contribution in [2.45, 2.75) is 194 Å². The molecule has 0 aliphatic carbocycles. The van der Waals surface area contributed by atoms with E-state index >= 15 is 0 Å². The Morgan fingerprint density at radius 3 is 0.658 bits per heavy atom. The summed E-state index contributed by atoms with van der Waals surface area (Å²) in [6.07, 6.45) is 33.9.